The summed E-state index contributed by atoms with van der Waals surface area (Å²) in [6.45, 7) is 0.674. The van der Waals surface area contributed by atoms with Crippen LogP contribution in [0.4, 0.5) is 4.79 Å². The van der Waals surface area contributed by atoms with Crippen molar-refractivity contribution in [2.75, 3.05) is 19.9 Å². The number of hydrogen-bond acceptors (Lipinski definition) is 3. The van der Waals surface area contributed by atoms with Crippen molar-refractivity contribution >= 4 is 18.5 Å². The number of cyclic esters (lactones) is 1. The van der Waals surface area contributed by atoms with Gasteiger partial charge in [-0.25, -0.2) is 4.79 Å². The van der Waals surface area contributed by atoms with E-state index < -0.39 is 6.09 Å². The lowest BCUT2D eigenvalue weighted by atomic mass is 10.7. The number of halogens is 1. The molecule has 1 heterocycles. The zero-order chi connectivity index (χ0) is 5.98. The monoisotopic (exact) mass is 153 g/mol. The molecule has 1 rings (SSSR count). The molecule has 1 amide bonds. The average Bonchev–Trinajstić information content (AvgIpc) is 2.14. The Morgan fingerprint density at radius 1 is 1.78 bits per heavy atom. The average molecular weight is 154 g/mol. The van der Waals surface area contributed by atoms with Gasteiger partial charge in [-0.3, -0.25) is 4.90 Å². The fourth-order valence-electron chi connectivity index (χ4n) is 0.554. The molecular formula is C4H8ClNO3. The van der Waals surface area contributed by atoms with Gasteiger partial charge in [0.05, 0.1) is 6.54 Å². The Hall–Kier alpha value is -0.480. The van der Waals surface area contributed by atoms with Crippen LogP contribution in [0.3, 0.4) is 0 Å². The van der Waals surface area contributed by atoms with Crippen molar-refractivity contribution in [1.82, 2.24) is 4.90 Å². The van der Waals surface area contributed by atoms with Gasteiger partial charge in [0.25, 0.3) is 0 Å². The van der Waals surface area contributed by atoms with Crippen molar-refractivity contribution < 1.29 is 14.6 Å². The number of ether oxygens (including phenoxy) is 1. The highest BCUT2D eigenvalue weighted by Crippen LogP contribution is 1.99. The van der Waals surface area contributed by atoms with E-state index in [9.17, 15) is 4.79 Å². The predicted octanol–water partition coefficient (Wildman–Crippen LogP) is -0.190. The minimum atomic E-state index is -0.424. The van der Waals surface area contributed by atoms with E-state index in [1.807, 2.05) is 0 Å². The smallest absolute Gasteiger partial charge is 0.411 e. The molecule has 0 bridgehead atoms. The van der Waals surface area contributed by atoms with Crippen LogP contribution in [0.1, 0.15) is 0 Å². The first-order valence-electron chi connectivity index (χ1n) is 2.37. The van der Waals surface area contributed by atoms with Crippen LogP contribution in [0.5, 0.6) is 0 Å². The summed E-state index contributed by atoms with van der Waals surface area (Å²) in [7, 11) is 0. The van der Waals surface area contributed by atoms with Crippen molar-refractivity contribution in [3.63, 3.8) is 0 Å². The number of rotatable bonds is 1. The van der Waals surface area contributed by atoms with E-state index in [1.165, 1.54) is 4.90 Å². The van der Waals surface area contributed by atoms with E-state index in [-0.39, 0.29) is 19.1 Å². The van der Waals surface area contributed by atoms with E-state index in [0.29, 0.717) is 13.2 Å². The molecule has 4 nitrogen and oxygen atoms in total. The number of nitrogens with zero attached hydrogens (tertiary/aromatic N) is 1. The summed E-state index contributed by atoms with van der Waals surface area (Å²) >= 11 is 0. The molecule has 1 fully saturated rings. The Kier molecular flexibility index (Phi) is 3.34. The van der Waals surface area contributed by atoms with Crippen LogP contribution in [0.2, 0.25) is 0 Å². The summed E-state index contributed by atoms with van der Waals surface area (Å²) in [5.41, 5.74) is 0. The second-order valence-electron chi connectivity index (χ2n) is 1.52. The fraction of sp³-hybridized carbons (Fsp3) is 0.750. The predicted molar refractivity (Wildman–Crippen MR) is 32.4 cm³/mol. The number of carbonyl (C=O) groups is 1. The molecular weight excluding hydrogens is 146 g/mol. The third kappa shape index (κ3) is 1.73. The molecule has 0 radical (unpaired) electrons. The third-order valence-electron chi connectivity index (χ3n) is 1.02. The Labute approximate surface area is 58.8 Å². The second-order valence-corrected chi connectivity index (χ2v) is 1.52. The Balaban J connectivity index is 0.000000640. The van der Waals surface area contributed by atoms with Crippen molar-refractivity contribution in [1.29, 1.82) is 0 Å². The summed E-state index contributed by atoms with van der Waals surface area (Å²) in [4.78, 5) is 11.6. The lowest BCUT2D eigenvalue weighted by Gasteiger charge is -2.04. The molecule has 54 valence electrons. The Morgan fingerprint density at radius 3 is 2.67 bits per heavy atom. The van der Waals surface area contributed by atoms with Gasteiger partial charge >= 0.3 is 6.09 Å². The van der Waals surface area contributed by atoms with Crippen molar-refractivity contribution in [3.8, 4) is 0 Å². The SMILES string of the molecule is Cl.O=C1OCCN1CO. The molecule has 1 aliphatic rings. The van der Waals surface area contributed by atoms with E-state index >= 15 is 0 Å². The van der Waals surface area contributed by atoms with Gasteiger partial charge in [0.2, 0.25) is 0 Å². The van der Waals surface area contributed by atoms with E-state index in [2.05, 4.69) is 4.74 Å². The normalized spacial score (nSPS) is 17.0. The van der Waals surface area contributed by atoms with Gasteiger partial charge in [0, 0.05) is 0 Å². The van der Waals surface area contributed by atoms with Crippen LogP contribution < -0.4 is 0 Å². The van der Waals surface area contributed by atoms with Gasteiger partial charge in [0.15, 0.2) is 0 Å². The van der Waals surface area contributed by atoms with Gasteiger partial charge in [-0.15, -0.1) is 12.4 Å². The number of carbonyl (C=O) groups excluding carboxylic acids is 1. The molecule has 0 unspecified atom stereocenters. The molecule has 1 N–H and O–H groups in total. The summed E-state index contributed by atoms with van der Waals surface area (Å²) in [6, 6.07) is 0. The first kappa shape index (κ1) is 8.52. The minimum absolute atomic E-state index is 0. The lowest BCUT2D eigenvalue weighted by molar-refractivity contribution is 0.119. The van der Waals surface area contributed by atoms with Gasteiger partial charge in [-0.05, 0) is 0 Å². The Bertz CT molecular complexity index is 108. The van der Waals surface area contributed by atoms with Crippen molar-refractivity contribution in [2.45, 2.75) is 0 Å². The summed E-state index contributed by atoms with van der Waals surface area (Å²) in [5.74, 6) is 0. The Morgan fingerprint density at radius 2 is 2.44 bits per heavy atom. The van der Waals surface area contributed by atoms with E-state index in [4.69, 9.17) is 5.11 Å². The zero-order valence-corrected chi connectivity index (χ0v) is 5.56. The summed E-state index contributed by atoms with van der Waals surface area (Å²) < 4.78 is 4.48. The molecule has 0 saturated carbocycles. The number of aliphatic hydroxyl groups excluding tert-OH is 1. The van der Waals surface area contributed by atoms with E-state index in [0.717, 1.165) is 0 Å². The van der Waals surface area contributed by atoms with Crippen LogP contribution in [0, 0.1) is 0 Å². The van der Waals surface area contributed by atoms with Crippen LogP contribution in [-0.4, -0.2) is 36.0 Å². The summed E-state index contributed by atoms with van der Waals surface area (Å²) in [6.07, 6.45) is -0.424. The molecule has 0 atom stereocenters. The van der Waals surface area contributed by atoms with Gasteiger partial charge < -0.3 is 9.84 Å². The highest BCUT2D eigenvalue weighted by atomic mass is 35.5. The maximum atomic E-state index is 10.3. The van der Waals surface area contributed by atoms with Gasteiger partial charge in [-0.2, -0.15) is 0 Å². The molecule has 0 aromatic heterocycles. The summed E-state index contributed by atoms with van der Waals surface area (Å²) in [5, 5.41) is 8.36. The molecule has 0 aliphatic carbocycles. The number of amides is 1. The van der Waals surface area contributed by atoms with Crippen LogP contribution in [-0.2, 0) is 4.74 Å². The standard InChI is InChI=1S/C4H7NO3.ClH/c6-3-5-1-2-8-4(5)7;/h6H,1-3H2;1H. The topological polar surface area (TPSA) is 49.8 Å². The van der Waals surface area contributed by atoms with Crippen LogP contribution in [0.15, 0.2) is 0 Å². The van der Waals surface area contributed by atoms with Gasteiger partial charge in [0.1, 0.15) is 13.3 Å². The third-order valence-corrected chi connectivity index (χ3v) is 1.02. The lowest BCUT2D eigenvalue weighted by Crippen LogP contribution is -2.24. The molecule has 5 heteroatoms. The fourth-order valence-corrected chi connectivity index (χ4v) is 0.554. The largest absolute Gasteiger partial charge is 0.447 e. The zero-order valence-electron chi connectivity index (χ0n) is 4.74. The molecule has 0 spiro atoms. The molecule has 9 heavy (non-hydrogen) atoms. The molecule has 1 aliphatic heterocycles. The maximum Gasteiger partial charge on any atom is 0.411 e. The first-order valence-corrected chi connectivity index (χ1v) is 2.37. The minimum Gasteiger partial charge on any atom is -0.447 e. The maximum absolute atomic E-state index is 10.3. The van der Waals surface area contributed by atoms with Crippen LogP contribution >= 0.6 is 12.4 Å². The number of aliphatic hydroxyl groups is 1. The highest BCUT2D eigenvalue weighted by molar-refractivity contribution is 5.85. The quantitative estimate of drug-likeness (QED) is 0.568. The van der Waals surface area contributed by atoms with E-state index in [1.54, 1.807) is 0 Å². The van der Waals surface area contributed by atoms with Crippen molar-refractivity contribution in [3.05, 3.63) is 0 Å². The molecule has 0 aromatic carbocycles. The van der Waals surface area contributed by atoms with Crippen LogP contribution in [0.25, 0.3) is 0 Å². The molecule has 1 saturated heterocycles. The van der Waals surface area contributed by atoms with Crippen molar-refractivity contribution in [2.24, 2.45) is 0 Å². The number of hydrogen-bond donors (Lipinski definition) is 1. The second kappa shape index (κ2) is 3.53. The first-order chi connectivity index (χ1) is 3.84. The highest BCUT2D eigenvalue weighted by Gasteiger charge is 2.19. The van der Waals surface area contributed by atoms with Gasteiger partial charge in [-0.1, -0.05) is 0 Å². The molecule has 0 aromatic rings.